The maximum absolute atomic E-state index is 13.3. The fourth-order valence-corrected chi connectivity index (χ4v) is 2.93. The molecule has 0 spiro atoms. The Balaban J connectivity index is 1.93. The van der Waals surface area contributed by atoms with E-state index in [9.17, 15) is 14.0 Å². The summed E-state index contributed by atoms with van der Waals surface area (Å²) in [6.45, 7) is 6.11. The van der Waals surface area contributed by atoms with Gasteiger partial charge in [0, 0.05) is 19.3 Å². The highest BCUT2D eigenvalue weighted by molar-refractivity contribution is 5.93. The number of aryl methyl sites for hydroxylation is 1. The minimum Gasteiger partial charge on any atom is -0.340 e. The topological polar surface area (TPSA) is 52.7 Å². The molecule has 2 amide bonds. The predicted octanol–water partition coefficient (Wildman–Crippen LogP) is 3.36. The highest BCUT2D eigenvalue weighted by atomic mass is 19.1. The highest BCUT2D eigenvalue weighted by Crippen LogP contribution is 2.18. The number of benzene rings is 2. The van der Waals surface area contributed by atoms with E-state index >= 15 is 0 Å². The standard InChI is InChI=1S/C22H28FN3O2/c1-15-8-6-11-20(16(15)2)24-21(27)14-25(4)17(3)22(28)26(5)13-18-9-7-10-19(23)12-18/h6-12,17H,13-14H2,1-5H3,(H,24,27)/t17-/m1/s1. The summed E-state index contributed by atoms with van der Waals surface area (Å²) in [7, 11) is 3.41. The zero-order chi connectivity index (χ0) is 20.8. The summed E-state index contributed by atoms with van der Waals surface area (Å²) in [6.07, 6.45) is 0. The van der Waals surface area contributed by atoms with Gasteiger partial charge in [0.05, 0.1) is 12.6 Å². The van der Waals surface area contributed by atoms with Crippen LogP contribution in [-0.2, 0) is 16.1 Å². The second-order valence-corrected chi connectivity index (χ2v) is 7.21. The summed E-state index contributed by atoms with van der Waals surface area (Å²) >= 11 is 0. The first-order valence-electron chi connectivity index (χ1n) is 9.24. The maximum Gasteiger partial charge on any atom is 0.239 e. The second kappa shape index (κ2) is 9.46. The Kier molecular flexibility index (Phi) is 7.29. The molecule has 0 aliphatic carbocycles. The average Bonchev–Trinajstić information content (AvgIpc) is 2.64. The molecule has 0 bridgehead atoms. The van der Waals surface area contributed by atoms with Crippen molar-refractivity contribution >= 4 is 17.5 Å². The van der Waals surface area contributed by atoms with Crippen LogP contribution in [0.5, 0.6) is 0 Å². The Morgan fingerprint density at radius 3 is 2.46 bits per heavy atom. The highest BCUT2D eigenvalue weighted by Gasteiger charge is 2.23. The van der Waals surface area contributed by atoms with Crippen LogP contribution in [0, 0.1) is 19.7 Å². The van der Waals surface area contributed by atoms with E-state index in [0.29, 0.717) is 6.54 Å². The fourth-order valence-electron chi connectivity index (χ4n) is 2.93. The molecule has 5 nitrogen and oxygen atoms in total. The molecule has 0 heterocycles. The van der Waals surface area contributed by atoms with Gasteiger partial charge in [0.1, 0.15) is 5.82 Å². The zero-order valence-electron chi connectivity index (χ0n) is 17.1. The fraction of sp³-hybridized carbons (Fsp3) is 0.364. The van der Waals surface area contributed by atoms with Crippen molar-refractivity contribution in [2.24, 2.45) is 0 Å². The van der Waals surface area contributed by atoms with Crippen molar-refractivity contribution < 1.29 is 14.0 Å². The van der Waals surface area contributed by atoms with E-state index in [-0.39, 0.29) is 24.2 Å². The lowest BCUT2D eigenvalue weighted by atomic mass is 10.1. The molecule has 0 unspecified atom stereocenters. The van der Waals surface area contributed by atoms with Gasteiger partial charge in [-0.25, -0.2) is 4.39 Å². The minimum atomic E-state index is -0.483. The molecule has 150 valence electrons. The van der Waals surface area contributed by atoms with Gasteiger partial charge < -0.3 is 10.2 Å². The van der Waals surface area contributed by atoms with Crippen LogP contribution >= 0.6 is 0 Å². The summed E-state index contributed by atoms with van der Waals surface area (Å²) in [5.74, 6) is -0.637. The van der Waals surface area contributed by atoms with Crippen LogP contribution in [0.25, 0.3) is 0 Å². The molecule has 1 atom stereocenters. The van der Waals surface area contributed by atoms with Gasteiger partial charge in [-0.3, -0.25) is 14.5 Å². The Labute approximate surface area is 166 Å². The largest absolute Gasteiger partial charge is 0.340 e. The number of carbonyl (C=O) groups excluding carboxylic acids is 2. The van der Waals surface area contributed by atoms with Crippen molar-refractivity contribution in [2.75, 3.05) is 26.0 Å². The zero-order valence-corrected chi connectivity index (χ0v) is 17.1. The van der Waals surface area contributed by atoms with Gasteiger partial charge in [0.2, 0.25) is 11.8 Å². The SMILES string of the molecule is Cc1cccc(NC(=O)CN(C)[C@H](C)C(=O)N(C)Cc2cccc(F)c2)c1C. The van der Waals surface area contributed by atoms with E-state index in [1.165, 1.54) is 12.1 Å². The lowest BCUT2D eigenvalue weighted by molar-refractivity contribution is -0.135. The van der Waals surface area contributed by atoms with Gasteiger partial charge in [-0.05, 0) is 62.7 Å². The molecule has 2 aromatic rings. The molecule has 0 aliphatic heterocycles. The van der Waals surface area contributed by atoms with Crippen molar-refractivity contribution in [3.63, 3.8) is 0 Å². The lowest BCUT2D eigenvalue weighted by Crippen LogP contribution is -2.46. The lowest BCUT2D eigenvalue weighted by Gasteiger charge is -2.28. The number of halogens is 1. The Morgan fingerprint density at radius 2 is 1.79 bits per heavy atom. The molecule has 2 aromatic carbocycles. The van der Waals surface area contributed by atoms with E-state index < -0.39 is 6.04 Å². The first kappa shape index (κ1) is 21.6. The minimum absolute atomic E-state index is 0.0914. The van der Waals surface area contributed by atoms with Gasteiger partial charge in [-0.1, -0.05) is 24.3 Å². The normalized spacial score (nSPS) is 12.0. The van der Waals surface area contributed by atoms with Crippen molar-refractivity contribution in [2.45, 2.75) is 33.4 Å². The van der Waals surface area contributed by atoms with Crippen LogP contribution in [0.2, 0.25) is 0 Å². The molecular weight excluding hydrogens is 357 g/mol. The van der Waals surface area contributed by atoms with Crippen LogP contribution < -0.4 is 5.32 Å². The number of anilines is 1. The molecule has 0 saturated carbocycles. The molecule has 0 radical (unpaired) electrons. The molecule has 2 rings (SSSR count). The van der Waals surface area contributed by atoms with Crippen molar-refractivity contribution in [3.05, 3.63) is 65.0 Å². The van der Waals surface area contributed by atoms with E-state index in [4.69, 9.17) is 0 Å². The van der Waals surface area contributed by atoms with E-state index in [1.807, 2.05) is 32.0 Å². The van der Waals surface area contributed by atoms with Crippen molar-refractivity contribution in [3.8, 4) is 0 Å². The summed E-state index contributed by atoms with van der Waals surface area (Å²) in [5.41, 5.74) is 3.63. The van der Waals surface area contributed by atoms with Crippen molar-refractivity contribution in [1.29, 1.82) is 0 Å². The molecule has 28 heavy (non-hydrogen) atoms. The number of hydrogen-bond donors (Lipinski definition) is 1. The Hall–Kier alpha value is -2.73. The van der Waals surface area contributed by atoms with Gasteiger partial charge in [-0.15, -0.1) is 0 Å². The third-order valence-corrected chi connectivity index (χ3v) is 4.98. The summed E-state index contributed by atoms with van der Waals surface area (Å²) in [4.78, 5) is 28.3. The maximum atomic E-state index is 13.3. The van der Waals surface area contributed by atoms with Gasteiger partial charge in [0.25, 0.3) is 0 Å². The monoisotopic (exact) mass is 385 g/mol. The van der Waals surface area contributed by atoms with Crippen LogP contribution in [0.1, 0.15) is 23.6 Å². The van der Waals surface area contributed by atoms with Crippen LogP contribution in [0.15, 0.2) is 42.5 Å². The molecule has 0 fully saturated rings. The van der Waals surface area contributed by atoms with Gasteiger partial charge >= 0.3 is 0 Å². The first-order chi connectivity index (χ1) is 13.2. The van der Waals surface area contributed by atoms with Crippen LogP contribution in [0.4, 0.5) is 10.1 Å². The summed E-state index contributed by atoms with van der Waals surface area (Å²) in [6, 6.07) is 11.5. The molecule has 0 saturated heterocycles. The smallest absolute Gasteiger partial charge is 0.239 e. The van der Waals surface area contributed by atoms with E-state index in [0.717, 1.165) is 22.4 Å². The van der Waals surface area contributed by atoms with Crippen molar-refractivity contribution in [1.82, 2.24) is 9.80 Å². The number of amides is 2. The van der Waals surface area contributed by atoms with Gasteiger partial charge in [-0.2, -0.15) is 0 Å². The molecular formula is C22H28FN3O2. The third kappa shape index (κ3) is 5.63. The summed E-state index contributed by atoms with van der Waals surface area (Å²) < 4.78 is 13.3. The van der Waals surface area contributed by atoms with Crippen LogP contribution in [0.3, 0.4) is 0 Å². The number of rotatable bonds is 7. The predicted molar refractivity (Wildman–Crippen MR) is 110 cm³/mol. The molecule has 0 aliphatic rings. The molecule has 1 N–H and O–H groups in total. The van der Waals surface area contributed by atoms with Crippen LogP contribution in [-0.4, -0.2) is 48.3 Å². The number of nitrogens with one attached hydrogen (secondary N) is 1. The molecule has 6 heteroatoms. The average molecular weight is 385 g/mol. The van der Waals surface area contributed by atoms with E-state index in [2.05, 4.69) is 5.32 Å². The second-order valence-electron chi connectivity index (χ2n) is 7.21. The van der Waals surface area contributed by atoms with Gasteiger partial charge in [0.15, 0.2) is 0 Å². The number of carbonyl (C=O) groups is 2. The Bertz CT molecular complexity index is 853. The third-order valence-electron chi connectivity index (χ3n) is 4.98. The van der Waals surface area contributed by atoms with E-state index in [1.54, 1.807) is 43.0 Å². The number of nitrogens with zero attached hydrogens (tertiary/aromatic N) is 2. The number of likely N-dealkylation sites (N-methyl/N-ethyl adjacent to an activating group) is 2. The quantitative estimate of drug-likeness (QED) is 0.795. The number of hydrogen-bond acceptors (Lipinski definition) is 3. The molecule has 0 aromatic heterocycles. The first-order valence-corrected chi connectivity index (χ1v) is 9.24. The Morgan fingerprint density at radius 1 is 1.11 bits per heavy atom. The summed E-state index contributed by atoms with van der Waals surface area (Å²) in [5, 5.41) is 2.90.